The summed E-state index contributed by atoms with van der Waals surface area (Å²) in [4.78, 5) is 19.5. The molecule has 0 aliphatic heterocycles. The Hall–Kier alpha value is -0.180. The predicted molar refractivity (Wildman–Crippen MR) is 36.7 cm³/mol. The van der Waals surface area contributed by atoms with Crippen LogP contribution < -0.4 is 0 Å². The highest BCUT2D eigenvalue weighted by atomic mass is 31.2. The monoisotopic (exact) mass is 166 g/mol. The highest BCUT2D eigenvalue weighted by Gasteiger charge is 2.30. The lowest BCUT2D eigenvalue weighted by molar-refractivity contribution is -0.116. The topological polar surface area (TPSA) is 63.6 Å². The van der Waals surface area contributed by atoms with Crippen molar-refractivity contribution in [1.82, 2.24) is 0 Å². The molecule has 10 heavy (non-hydrogen) atoms. The number of hydrogen-bond donors (Lipinski definition) is 1. The van der Waals surface area contributed by atoms with Gasteiger partial charge in [-0.05, 0) is 0 Å². The molecule has 0 saturated heterocycles. The van der Waals surface area contributed by atoms with Gasteiger partial charge in [0.15, 0.2) is 0 Å². The Morgan fingerprint density at radius 3 is 2.10 bits per heavy atom. The summed E-state index contributed by atoms with van der Waals surface area (Å²) >= 11 is 0. The Morgan fingerprint density at radius 1 is 1.60 bits per heavy atom. The van der Waals surface area contributed by atoms with Crippen LogP contribution in [0.5, 0.6) is 0 Å². The molecule has 0 saturated carbocycles. The standard InChI is InChI=1S/C5H11O4P/c1-4(2)5(6)10(7,8)9-3/h4H,1-3H3,(H,7,8). The fourth-order valence-corrected chi connectivity index (χ4v) is 1.25. The molecule has 5 heteroatoms. The maximum Gasteiger partial charge on any atom is 0.394 e. The molecule has 0 amide bonds. The van der Waals surface area contributed by atoms with Crippen molar-refractivity contribution in [2.75, 3.05) is 7.11 Å². The number of carbonyl (C=O) groups is 1. The second-order valence-corrected chi connectivity index (χ2v) is 4.04. The van der Waals surface area contributed by atoms with Gasteiger partial charge < -0.3 is 9.42 Å². The second-order valence-electron chi connectivity index (χ2n) is 2.20. The number of hydrogen-bond acceptors (Lipinski definition) is 3. The van der Waals surface area contributed by atoms with E-state index >= 15 is 0 Å². The van der Waals surface area contributed by atoms with Crippen molar-refractivity contribution in [3.8, 4) is 0 Å². The minimum Gasteiger partial charge on any atom is -0.319 e. The molecule has 1 atom stereocenters. The highest BCUT2D eigenvalue weighted by molar-refractivity contribution is 7.71. The van der Waals surface area contributed by atoms with Crippen molar-refractivity contribution < 1.29 is 18.8 Å². The van der Waals surface area contributed by atoms with Gasteiger partial charge in [0.1, 0.15) is 0 Å². The van der Waals surface area contributed by atoms with Gasteiger partial charge in [0.2, 0.25) is 5.52 Å². The zero-order valence-corrected chi connectivity index (χ0v) is 7.09. The van der Waals surface area contributed by atoms with Crippen LogP contribution in [0.3, 0.4) is 0 Å². The molecule has 60 valence electrons. The van der Waals surface area contributed by atoms with E-state index in [4.69, 9.17) is 4.89 Å². The van der Waals surface area contributed by atoms with Crippen LogP contribution in [0.4, 0.5) is 0 Å². The van der Waals surface area contributed by atoms with Gasteiger partial charge in [0.05, 0.1) is 0 Å². The van der Waals surface area contributed by atoms with E-state index in [2.05, 4.69) is 4.52 Å². The summed E-state index contributed by atoms with van der Waals surface area (Å²) in [6.07, 6.45) is 0. The van der Waals surface area contributed by atoms with Crippen LogP contribution in [0, 0.1) is 5.92 Å². The summed E-state index contributed by atoms with van der Waals surface area (Å²) in [6.45, 7) is 3.09. The minimum atomic E-state index is -3.96. The van der Waals surface area contributed by atoms with E-state index in [0.29, 0.717) is 0 Å². The van der Waals surface area contributed by atoms with Gasteiger partial charge >= 0.3 is 7.60 Å². The fraction of sp³-hybridized carbons (Fsp3) is 0.800. The maximum atomic E-state index is 10.8. The lowest BCUT2D eigenvalue weighted by Gasteiger charge is -2.08. The van der Waals surface area contributed by atoms with Gasteiger partial charge in [-0.25, -0.2) is 0 Å². The van der Waals surface area contributed by atoms with E-state index in [1.165, 1.54) is 0 Å². The van der Waals surface area contributed by atoms with Gasteiger partial charge in [0, 0.05) is 13.0 Å². The highest BCUT2D eigenvalue weighted by Crippen LogP contribution is 2.43. The van der Waals surface area contributed by atoms with Crippen LogP contribution in [0.15, 0.2) is 0 Å². The summed E-state index contributed by atoms with van der Waals surface area (Å²) in [5.41, 5.74) is -0.741. The van der Waals surface area contributed by atoms with E-state index in [-0.39, 0.29) is 0 Å². The SMILES string of the molecule is COP(=O)(O)C(=O)C(C)C. The molecule has 0 heterocycles. The molecule has 0 bridgehead atoms. The Labute approximate surface area is 59.7 Å². The van der Waals surface area contributed by atoms with E-state index in [9.17, 15) is 9.36 Å². The summed E-state index contributed by atoms with van der Waals surface area (Å²) in [5, 5.41) is 0. The molecular formula is C5H11O4P. The molecule has 0 aromatic heterocycles. The Morgan fingerprint density at radius 2 is 2.00 bits per heavy atom. The summed E-state index contributed by atoms with van der Waals surface area (Å²) in [7, 11) is -2.92. The van der Waals surface area contributed by atoms with Crippen LogP contribution in [0.25, 0.3) is 0 Å². The largest absolute Gasteiger partial charge is 0.394 e. The lowest BCUT2D eigenvalue weighted by Crippen LogP contribution is -2.08. The van der Waals surface area contributed by atoms with Crippen molar-refractivity contribution in [1.29, 1.82) is 0 Å². The molecule has 1 N–H and O–H groups in total. The first-order chi connectivity index (χ1) is 4.41. The first-order valence-electron chi connectivity index (χ1n) is 2.84. The summed E-state index contributed by atoms with van der Waals surface area (Å²) < 4.78 is 14.8. The molecule has 0 fully saturated rings. The van der Waals surface area contributed by atoms with Gasteiger partial charge in [-0.3, -0.25) is 9.36 Å². The molecule has 4 nitrogen and oxygen atoms in total. The van der Waals surface area contributed by atoms with Gasteiger partial charge in [-0.15, -0.1) is 0 Å². The van der Waals surface area contributed by atoms with Crippen LogP contribution in [0.2, 0.25) is 0 Å². The molecule has 0 rings (SSSR count). The summed E-state index contributed by atoms with van der Waals surface area (Å²) in [5.74, 6) is -0.462. The van der Waals surface area contributed by atoms with Crippen LogP contribution in [0.1, 0.15) is 13.8 Å². The molecule has 0 radical (unpaired) electrons. The van der Waals surface area contributed by atoms with Crippen molar-refractivity contribution in [2.24, 2.45) is 5.92 Å². The lowest BCUT2D eigenvalue weighted by atomic mass is 10.3. The third-order valence-electron chi connectivity index (χ3n) is 1.02. The van der Waals surface area contributed by atoms with E-state index in [1.54, 1.807) is 13.8 Å². The normalized spacial score (nSPS) is 16.9. The Bertz CT molecular complexity index is 174. The van der Waals surface area contributed by atoms with Crippen LogP contribution in [-0.2, 0) is 13.9 Å². The van der Waals surface area contributed by atoms with Gasteiger partial charge in [0.25, 0.3) is 0 Å². The molecule has 0 aromatic carbocycles. The number of carbonyl (C=O) groups excluding carboxylic acids is 1. The smallest absolute Gasteiger partial charge is 0.319 e. The van der Waals surface area contributed by atoms with Crippen LogP contribution in [-0.4, -0.2) is 17.5 Å². The van der Waals surface area contributed by atoms with E-state index in [0.717, 1.165) is 7.11 Å². The molecular weight excluding hydrogens is 155 g/mol. The average molecular weight is 166 g/mol. The second kappa shape index (κ2) is 3.28. The molecule has 1 unspecified atom stereocenters. The van der Waals surface area contributed by atoms with E-state index < -0.39 is 19.0 Å². The Kier molecular flexibility index (Phi) is 3.22. The average Bonchev–Trinajstić information content (AvgIpc) is 1.86. The molecule has 0 spiro atoms. The summed E-state index contributed by atoms with van der Waals surface area (Å²) in [6, 6.07) is 0. The first kappa shape index (κ1) is 9.82. The van der Waals surface area contributed by atoms with E-state index in [1.807, 2.05) is 0 Å². The first-order valence-corrected chi connectivity index (χ1v) is 4.42. The van der Waals surface area contributed by atoms with Crippen LogP contribution >= 0.6 is 7.60 Å². The quantitative estimate of drug-likeness (QED) is 0.635. The van der Waals surface area contributed by atoms with Gasteiger partial charge in [-0.2, -0.15) is 0 Å². The number of rotatable bonds is 3. The van der Waals surface area contributed by atoms with Gasteiger partial charge in [-0.1, -0.05) is 13.8 Å². The van der Waals surface area contributed by atoms with Crippen molar-refractivity contribution in [3.63, 3.8) is 0 Å². The minimum absolute atomic E-state index is 0.462. The van der Waals surface area contributed by atoms with Crippen molar-refractivity contribution >= 4 is 13.1 Å². The predicted octanol–water partition coefficient (Wildman–Crippen LogP) is 1.00. The van der Waals surface area contributed by atoms with Crippen molar-refractivity contribution in [2.45, 2.75) is 13.8 Å². The Balaban J connectivity index is 4.35. The zero-order valence-electron chi connectivity index (χ0n) is 6.20. The zero-order chi connectivity index (χ0) is 8.36. The third-order valence-corrected chi connectivity index (χ3v) is 2.59. The molecule has 0 aromatic rings. The third kappa shape index (κ3) is 2.21. The maximum absolute atomic E-state index is 10.8. The fourth-order valence-electron chi connectivity index (χ4n) is 0.416. The molecule has 0 aliphatic carbocycles. The molecule has 0 aliphatic rings. The van der Waals surface area contributed by atoms with Crippen molar-refractivity contribution in [3.05, 3.63) is 0 Å².